The number of nitrogens with zero attached hydrogens (tertiary/aromatic N) is 1. The standard InChI is InChI=1S/C14H27NO3/c1-4-15(5-2)11-9-7-8-10-13(16)12-14(17)18-6-3/h4-12H2,1-3H3. The summed E-state index contributed by atoms with van der Waals surface area (Å²) in [4.78, 5) is 24.9. The third kappa shape index (κ3) is 9.16. The van der Waals surface area contributed by atoms with E-state index >= 15 is 0 Å². The molecule has 18 heavy (non-hydrogen) atoms. The molecule has 0 unspecified atom stereocenters. The first-order valence-electron chi connectivity index (χ1n) is 7.03. The number of hydrogen-bond donors (Lipinski definition) is 0. The van der Waals surface area contributed by atoms with Crippen molar-refractivity contribution in [3.8, 4) is 0 Å². The van der Waals surface area contributed by atoms with Crippen LogP contribution >= 0.6 is 0 Å². The van der Waals surface area contributed by atoms with Crippen LogP contribution in [0.25, 0.3) is 0 Å². The number of ether oxygens (including phenoxy) is 1. The van der Waals surface area contributed by atoms with Gasteiger partial charge in [-0.15, -0.1) is 0 Å². The van der Waals surface area contributed by atoms with Crippen LogP contribution in [0.1, 0.15) is 52.9 Å². The van der Waals surface area contributed by atoms with Crippen LogP contribution in [0.15, 0.2) is 0 Å². The lowest BCUT2D eigenvalue weighted by Gasteiger charge is -2.17. The molecule has 0 fully saturated rings. The summed E-state index contributed by atoms with van der Waals surface area (Å²) in [5.41, 5.74) is 0. The van der Waals surface area contributed by atoms with Crippen molar-refractivity contribution >= 4 is 11.8 Å². The average molecular weight is 257 g/mol. The maximum absolute atomic E-state index is 11.4. The predicted molar refractivity (Wildman–Crippen MR) is 72.5 cm³/mol. The summed E-state index contributed by atoms with van der Waals surface area (Å²) in [5.74, 6) is -0.401. The van der Waals surface area contributed by atoms with Gasteiger partial charge in [-0.2, -0.15) is 0 Å². The van der Waals surface area contributed by atoms with E-state index in [0.29, 0.717) is 13.0 Å². The van der Waals surface area contributed by atoms with E-state index < -0.39 is 5.97 Å². The van der Waals surface area contributed by atoms with Crippen molar-refractivity contribution < 1.29 is 14.3 Å². The first-order chi connectivity index (χ1) is 8.63. The van der Waals surface area contributed by atoms with Gasteiger partial charge in [-0.1, -0.05) is 20.3 Å². The molecule has 0 aliphatic rings. The summed E-state index contributed by atoms with van der Waals surface area (Å²) in [6.07, 6.45) is 3.47. The van der Waals surface area contributed by atoms with E-state index in [4.69, 9.17) is 4.74 Å². The predicted octanol–water partition coefficient (Wildman–Crippen LogP) is 2.41. The van der Waals surface area contributed by atoms with Gasteiger partial charge >= 0.3 is 5.97 Å². The minimum Gasteiger partial charge on any atom is -0.466 e. The van der Waals surface area contributed by atoms with E-state index in [1.54, 1.807) is 6.92 Å². The van der Waals surface area contributed by atoms with Gasteiger partial charge in [0.1, 0.15) is 12.2 Å². The zero-order valence-electron chi connectivity index (χ0n) is 12.0. The summed E-state index contributed by atoms with van der Waals surface area (Å²) >= 11 is 0. The molecule has 0 aromatic rings. The van der Waals surface area contributed by atoms with Crippen LogP contribution in [0.3, 0.4) is 0 Å². The number of rotatable bonds is 11. The Morgan fingerprint density at radius 2 is 1.67 bits per heavy atom. The van der Waals surface area contributed by atoms with Crippen molar-refractivity contribution in [2.24, 2.45) is 0 Å². The van der Waals surface area contributed by atoms with Crippen LogP contribution in [0.2, 0.25) is 0 Å². The molecule has 0 aromatic carbocycles. The Balaban J connectivity index is 3.48. The van der Waals surface area contributed by atoms with Crippen molar-refractivity contribution in [1.82, 2.24) is 4.90 Å². The molecular weight excluding hydrogens is 230 g/mol. The molecule has 0 spiro atoms. The number of ketones is 1. The zero-order valence-corrected chi connectivity index (χ0v) is 12.0. The molecule has 0 amide bonds. The van der Waals surface area contributed by atoms with Gasteiger partial charge in [0.15, 0.2) is 0 Å². The topological polar surface area (TPSA) is 46.6 Å². The summed E-state index contributed by atoms with van der Waals surface area (Å²) < 4.78 is 4.73. The number of hydrogen-bond acceptors (Lipinski definition) is 4. The largest absolute Gasteiger partial charge is 0.466 e. The second-order valence-corrected chi connectivity index (χ2v) is 4.36. The van der Waals surface area contributed by atoms with Crippen molar-refractivity contribution in [1.29, 1.82) is 0 Å². The number of unbranched alkanes of at least 4 members (excludes halogenated alkanes) is 2. The number of esters is 1. The highest BCUT2D eigenvalue weighted by atomic mass is 16.5. The molecule has 0 heterocycles. The Morgan fingerprint density at radius 3 is 2.22 bits per heavy atom. The molecule has 0 saturated carbocycles. The second-order valence-electron chi connectivity index (χ2n) is 4.36. The van der Waals surface area contributed by atoms with E-state index in [0.717, 1.165) is 38.9 Å². The van der Waals surface area contributed by atoms with Gasteiger partial charge in [-0.3, -0.25) is 9.59 Å². The normalized spacial score (nSPS) is 10.7. The molecule has 0 saturated heterocycles. The van der Waals surface area contributed by atoms with E-state index in [2.05, 4.69) is 18.7 Å². The van der Waals surface area contributed by atoms with E-state index in [9.17, 15) is 9.59 Å². The molecule has 0 N–H and O–H groups in total. The Labute approximate surface area is 111 Å². The lowest BCUT2D eigenvalue weighted by Crippen LogP contribution is -2.23. The molecular formula is C14H27NO3. The van der Waals surface area contributed by atoms with Gasteiger partial charge in [0, 0.05) is 6.42 Å². The number of Topliss-reactive ketones (excluding diaryl/α,β-unsaturated/α-hetero) is 1. The van der Waals surface area contributed by atoms with Crippen LogP contribution in [0.4, 0.5) is 0 Å². The van der Waals surface area contributed by atoms with Gasteiger partial charge in [-0.25, -0.2) is 0 Å². The SMILES string of the molecule is CCOC(=O)CC(=O)CCCCCN(CC)CC. The highest BCUT2D eigenvalue weighted by Crippen LogP contribution is 2.04. The Morgan fingerprint density at radius 1 is 1.00 bits per heavy atom. The Kier molecular flexibility index (Phi) is 10.6. The summed E-state index contributed by atoms with van der Waals surface area (Å²) in [7, 11) is 0. The highest BCUT2D eigenvalue weighted by Gasteiger charge is 2.09. The Bertz CT molecular complexity index is 237. The minimum absolute atomic E-state index is 0.00344. The smallest absolute Gasteiger partial charge is 0.313 e. The molecule has 0 radical (unpaired) electrons. The summed E-state index contributed by atoms with van der Waals surface area (Å²) in [6.45, 7) is 9.67. The first-order valence-corrected chi connectivity index (χ1v) is 7.03. The first kappa shape index (κ1) is 17.1. The molecule has 106 valence electrons. The molecule has 0 bridgehead atoms. The van der Waals surface area contributed by atoms with Crippen molar-refractivity contribution in [2.45, 2.75) is 52.9 Å². The molecule has 0 rings (SSSR count). The average Bonchev–Trinajstić information content (AvgIpc) is 2.34. The van der Waals surface area contributed by atoms with Crippen molar-refractivity contribution in [3.05, 3.63) is 0 Å². The zero-order chi connectivity index (χ0) is 13.8. The maximum Gasteiger partial charge on any atom is 0.313 e. The fraction of sp³-hybridized carbons (Fsp3) is 0.857. The van der Waals surface area contributed by atoms with Gasteiger partial charge in [0.05, 0.1) is 6.61 Å². The van der Waals surface area contributed by atoms with Gasteiger partial charge in [-0.05, 0) is 39.4 Å². The van der Waals surface area contributed by atoms with Crippen molar-refractivity contribution in [2.75, 3.05) is 26.2 Å². The molecule has 0 aliphatic carbocycles. The van der Waals surface area contributed by atoms with E-state index in [1.807, 2.05) is 0 Å². The van der Waals surface area contributed by atoms with Crippen LogP contribution < -0.4 is 0 Å². The molecule has 0 aliphatic heterocycles. The third-order valence-corrected chi connectivity index (χ3v) is 2.97. The van der Waals surface area contributed by atoms with Gasteiger partial charge in [0.25, 0.3) is 0 Å². The fourth-order valence-electron chi connectivity index (χ4n) is 1.84. The quantitative estimate of drug-likeness (QED) is 0.324. The Hall–Kier alpha value is -0.900. The van der Waals surface area contributed by atoms with Gasteiger partial charge in [0.2, 0.25) is 0 Å². The molecule has 0 aromatic heterocycles. The van der Waals surface area contributed by atoms with Crippen LogP contribution in [-0.4, -0.2) is 42.9 Å². The second kappa shape index (κ2) is 11.2. The lowest BCUT2D eigenvalue weighted by atomic mass is 10.1. The van der Waals surface area contributed by atoms with Crippen LogP contribution in [0, 0.1) is 0 Å². The monoisotopic (exact) mass is 257 g/mol. The number of carbonyl (C=O) groups excluding carboxylic acids is 2. The van der Waals surface area contributed by atoms with Crippen LogP contribution in [-0.2, 0) is 14.3 Å². The minimum atomic E-state index is -0.398. The highest BCUT2D eigenvalue weighted by molar-refractivity contribution is 5.95. The van der Waals surface area contributed by atoms with Crippen LogP contribution in [0.5, 0.6) is 0 Å². The third-order valence-electron chi connectivity index (χ3n) is 2.97. The molecule has 4 nitrogen and oxygen atoms in total. The van der Waals surface area contributed by atoms with E-state index in [1.165, 1.54) is 0 Å². The lowest BCUT2D eigenvalue weighted by molar-refractivity contribution is -0.145. The van der Waals surface area contributed by atoms with Gasteiger partial charge < -0.3 is 9.64 Å². The number of carbonyl (C=O) groups is 2. The van der Waals surface area contributed by atoms with E-state index in [-0.39, 0.29) is 12.2 Å². The summed E-state index contributed by atoms with van der Waals surface area (Å²) in [5, 5.41) is 0. The molecule has 0 atom stereocenters. The maximum atomic E-state index is 11.4. The van der Waals surface area contributed by atoms with Crippen molar-refractivity contribution in [3.63, 3.8) is 0 Å². The molecule has 4 heteroatoms. The fourth-order valence-corrected chi connectivity index (χ4v) is 1.84. The summed E-state index contributed by atoms with van der Waals surface area (Å²) in [6, 6.07) is 0.